The van der Waals surface area contributed by atoms with Gasteiger partial charge in [0.25, 0.3) is 0 Å². The van der Waals surface area contributed by atoms with Gasteiger partial charge in [0, 0.05) is 19.1 Å². The van der Waals surface area contributed by atoms with E-state index < -0.39 is 0 Å². The van der Waals surface area contributed by atoms with E-state index in [9.17, 15) is 0 Å². The average molecular weight is 252 g/mol. The van der Waals surface area contributed by atoms with Gasteiger partial charge in [-0.05, 0) is 43.7 Å². The Kier molecular flexibility index (Phi) is 5.50. The van der Waals surface area contributed by atoms with Crippen molar-refractivity contribution in [2.45, 2.75) is 58.9 Å². The molecular weight excluding hydrogens is 220 g/mol. The molecular formula is C16H32N2. The van der Waals surface area contributed by atoms with E-state index in [0.717, 1.165) is 23.8 Å². The monoisotopic (exact) mass is 252 g/mol. The number of hydrogen-bond donors (Lipinski definition) is 1. The first-order valence-electron chi connectivity index (χ1n) is 8.15. The molecule has 1 aliphatic carbocycles. The largest absolute Gasteiger partial charge is 0.316 e. The lowest BCUT2D eigenvalue weighted by atomic mass is 9.81. The lowest BCUT2D eigenvalue weighted by Gasteiger charge is -2.43. The zero-order valence-corrected chi connectivity index (χ0v) is 12.6. The maximum atomic E-state index is 3.61. The zero-order valence-electron chi connectivity index (χ0n) is 12.6. The van der Waals surface area contributed by atoms with Gasteiger partial charge in [0.2, 0.25) is 0 Å². The minimum atomic E-state index is 0.803. The minimum Gasteiger partial charge on any atom is -0.316 e. The molecule has 1 N–H and O–H groups in total. The van der Waals surface area contributed by atoms with Crippen LogP contribution in [0.15, 0.2) is 0 Å². The highest BCUT2D eigenvalue weighted by Gasteiger charge is 2.31. The van der Waals surface area contributed by atoms with Crippen LogP contribution < -0.4 is 5.32 Å². The molecule has 0 aromatic carbocycles. The van der Waals surface area contributed by atoms with E-state index in [4.69, 9.17) is 0 Å². The molecule has 2 fully saturated rings. The third-order valence-electron chi connectivity index (χ3n) is 4.94. The van der Waals surface area contributed by atoms with E-state index in [1.54, 1.807) is 0 Å². The van der Waals surface area contributed by atoms with Gasteiger partial charge in [0.1, 0.15) is 0 Å². The summed E-state index contributed by atoms with van der Waals surface area (Å²) >= 11 is 0. The van der Waals surface area contributed by atoms with Crippen LogP contribution in [0, 0.1) is 17.8 Å². The molecule has 1 saturated heterocycles. The summed E-state index contributed by atoms with van der Waals surface area (Å²) in [7, 11) is 0. The summed E-state index contributed by atoms with van der Waals surface area (Å²) in [6.07, 6.45) is 7.22. The molecule has 0 radical (unpaired) electrons. The van der Waals surface area contributed by atoms with Crippen molar-refractivity contribution in [3.8, 4) is 0 Å². The Bertz CT molecular complexity index is 229. The molecule has 0 amide bonds. The topological polar surface area (TPSA) is 15.3 Å². The van der Waals surface area contributed by atoms with E-state index in [0.29, 0.717) is 0 Å². The summed E-state index contributed by atoms with van der Waals surface area (Å²) in [5.41, 5.74) is 0. The Morgan fingerprint density at radius 1 is 1.00 bits per heavy atom. The lowest BCUT2D eigenvalue weighted by molar-refractivity contribution is 0.0669. The molecule has 0 spiro atoms. The van der Waals surface area contributed by atoms with Crippen molar-refractivity contribution in [3.63, 3.8) is 0 Å². The fourth-order valence-electron chi connectivity index (χ4n) is 4.00. The summed E-state index contributed by atoms with van der Waals surface area (Å²) in [5.74, 6) is 2.57. The molecule has 18 heavy (non-hydrogen) atoms. The van der Waals surface area contributed by atoms with Gasteiger partial charge in [0.05, 0.1) is 0 Å². The second kappa shape index (κ2) is 6.91. The van der Waals surface area contributed by atoms with Crippen molar-refractivity contribution in [1.29, 1.82) is 0 Å². The van der Waals surface area contributed by atoms with E-state index in [1.807, 2.05) is 0 Å². The normalized spacial score (nSPS) is 40.2. The van der Waals surface area contributed by atoms with E-state index in [1.165, 1.54) is 58.3 Å². The smallest absolute Gasteiger partial charge is 0.0124 e. The molecule has 2 rings (SSSR count). The van der Waals surface area contributed by atoms with Crippen LogP contribution in [0.5, 0.6) is 0 Å². The molecule has 4 unspecified atom stereocenters. The van der Waals surface area contributed by atoms with Crippen molar-refractivity contribution in [2.75, 3.05) is 26.2 Å². The second-order valence-corrected chi connectivity index (χ2v) is 6.84. The van der Waals surface area contributed by atoms with Crippen LogP contribution in [-0.4, -0.2) is 37.1 Å². The molecule has 1 heterocycles. The summed E-state index contributed by atoms with van der Waals surface area (Å²) in [4.78, 5) is 2.85. The highest BCUT2D eigenvalue weighted by molar-refractivity contribution is 4.85. The average Bonchev–Trinajstić information content (AvgIpc) is 2.36. The van der Waals surface area contributed by atoms with Crippen LogP contribution in [-0.2, 0) is 0 Å². The SMILES string of the molecule is CCC1CCCCC1N1CC(C)CNCC(C)C1. The number of hydrogen-bond acceptors (Lipinski definition) is 2. The van der Waals surface area contributed by atoms with E-state index in [-0.39, 0.29) is 0 Å². The summed E-state index contributed by atoms with van der Waals surface area (Å²) in [6, 6.07) is 0.881. The maximum Gasteiger partial charge on any atom is 0.0124 e. The Labute approximate surface area is 114 Å². The molecule has 0 aromatic rings. The third-order valence-corrected chi connectivity index (χ3v) is 4.94. The van der Waals surface area contributed by atoms with E-state index in [2.05, 4.69) is 31.0 Å². The van der Waals surface area contributed by atoms with Gasteiger partial charge in [-0.25, -0.2) is 0 Å². The molecule has 2 heteroatoms. The van der Waals surface area contributed by atoms with Gasteiger partial charge < -0.3 is 5.32 Å². The Balaban J connectivity index is 2.01. The molecule has 4 atom stereocenters. The van der Waals surface area contributed by atoms with Gasteiger partial charge in [-0.3, -0.25) is 4.90 Å². The number of rotatable bonds is 2. The van der Waals surface area contributed by atoms with Crippen molar-refractivity contribution in [2.24, 2.45) is 17.8 Å². The first-order chi connectivity index (χ1) is 8.70. The van der Waals surface area contributed by atoms with Crippen LogP contribution in [0.4, 0.5) is 0 Å². The van der Waals surface area contributed by atoms with E-state index >= 15 is 0 Å². The number of nitrogens with one attached hydrogen (secondary N) is 1. The molecule has 106 valence electrons. The summed E-state index contributed by atoms with van der Waals surface area (Å²) in [6.45, 7) is 12.2. The van der Waals surface area contributed by atoms with Crippen molar-refractivity contribution < 1.29 is 0 Å². The Morgan fingerprint density at radius 2 is 1.61 bits per heavy atom. The molecule has 0 aromatic heterocycles. The fourth-order valence-corrected chi connectivity index (χ4v) is 4.00. The Morgan fingerprint density at radius 3 is 2.22 bits per heavy atom. The minimum absolute atomic E-state index is 0.803. The zero-order chi connectivity index (χ0) is 13.0. The molecule has 0 bridgehead atoms. The van der Waals surface area contributed by atoms with Crippen molar-refractivity contribution >= 4 is 0 Å². The molecule has 2 nitrogen and oxygen atoms in total. The van der Waals surface area contributed by atoms with Crippen LogP contribution in [0.3, 0.4) is 0 Å². The standard InChI is InChI=1S/C16H32N2/c1-4-15-7-5-6-8-16(15)18-11-13(2)9-17-10-14(3)12-18/h13-17H,4-12H2,1-3H3. The molecule has 2 aliphatic rings. The van der Waals surface area contributed by atoms with Crippen LogP contribution in [0.1, 0.15) is 52.9 Å². The highest BCUT2D eigenvalue weighted by atomic mass is 15.2. The van der Waals surface area contributed by atoms with Gasteiger partial charge >= 0.3 is 0 Å². The number of nitrogens with zero attached hydrogens (tertiary/aromatic N) is 1. The van der Waals surface area contributed by atoms with Crippen LogP contribution in [0.25, 0.3) is 0 Å². The summed E-state index contributed by atoms with van der Waals surface area (Å²) in [5, 5.41) is 3.61. The second-order valence-electron chi connectivity index (χ2n) is 6.84. The van der Waals surface area contributed by atoms with Crippen molar-refractivity contribution in [3.05, 3.63) is 0 Å². The predicted octanol–water partition coefficient (Wildman–Crippen LogP) is 3.13. The highest BCUT2D eigenvalue weighted by Crippen LogP contribution is 2.31. The van der Waals surface area contributed by atoms with Crippen molar-refractivity contribution in [1.82, 2.24) is 10.2 Å². The maximum absolute atomic E-state index is 3.61. The van der Waals surface area contributed by atoms with Crippen LogP contribution >= 0.6 is 0 Å². The predicted molar refractivity (Wildman–Crippen MR) is 78.8 cm³/mol. The van der Waals surface area contributed by atoms with Gasteiger partial charge in [-0.2, -0.15) is 0 Å². The first kappa shape index (κ1) is 14.3. The summed E-state index contributed by atoms with van der Waals surface area (Å²) < 4.78 is 0. The molecule has 1 saturated carbocycles. The van der Waals surface area contributed by atoms with Gasteiger partial charge in [-0.1, -0.05) is 40.0 Å². The fraction of sp³-hybridized carbons (Fsp3) is 1.00. The van der Waals surface area contributed by atoms with Gasteiger partial charge in [-0.15, -0.1) is 0 Å². The quantitative estimate of drug-likeness (QED) is 0.812. The lowest BCUT2D eigenvalue weighted by Crippen LogP contribution is -2.50. The Hall–Kier alpha value is -0.0800. The van der Waals surface area contributed by atoms with Gasteiger partial charge in [0.15, 0.2) is 0 Å². The van der Waals surface area contributed by atoms with Crippen LogP contribution in [0.2, 0.25) is 0 Å². The first-order valence-corrected chi connectivity index (χ1v) is 8.15. The third kappa shape index (κ3) is 3.71. The molecule has 1 aliphatic heterocycles.